The number of ether oxygens (including phenoxy) is 1. The number of carbonyl (C=O) groups is 1. The lowest BCUT2D eigenvalue weighted by Crippen LogP contribution is -2.34. The van der Waals surface area contributed by atoms with E-state index < -0.39 is 0 Å². The third kappa shape index (κ3) is 4.86. The van der Waals surface area contributed by atoms with Crippen LogP contribution in [0.1, 0.15) is 19.2 Å². The first-order valence-corrected chi connectivity index (χ1v) is 7.38. The van der Waals surface area contributed by atoms with E-state index in [1.54, 1.807) is 0 Å². The molecule has 1 fully saturated rings. The molecule has 1 amide bonds. The fourth-order valence-corrected chi connectivity index (χ4v) is 2.19. The highest BCUT2D eigenvalue weighted by molar-refractivity contribution is 5.79. The van der Waals surface area contributed by atoms with Crippen molar-refractivity contribution in [1.29, 1.82) is 0 Å². The fourth-order valence-electron chi connectivity index (χ4n) is 2.19. The normalized spacial score (nSPS) is 17.5. The highest BCUT2D eigenvalue weighted by Crippen LogP contribution is 2.12. The van der Waals surface area contributed by atoms with Crippen LogP contribution in [0.25, 0.3) is 0 Å². The van der Waals surface area contributed by atoms with Crippen molar-refractivity contribution in [2.45, 2.75) is 20.3 Å². The van der Waals surface area contributed by atoms with E-state index in [4.69, 9.17) is 4.74 Å². The lowest BCUT2D eigenvalue weighted by molar-refractivity contribution is -0.124. The van der Waals surface area contributed by atoms with Crippen molar-refractivity contribution in [3.05, 3.63) is 11.9 Å². The second-order valence-electron chi connectivity index (χ2n) is 4.99. The summed E-state index contributed by atoms with van der Waals surface area (Å²) in [7, 11) is 0. The molecule has 1 atom stereocenters. The van der Waals surface area contributed by atoms with Gasteiger partial charge < -0.3 is 20.7 Å². The number of aryl methyl sites for hydroxylation is 1. The molecule has 2 rings (SSSR count). The molecule has 1 aromatic heterocycles. The number of hydrogen-bond donors (Lipinski definition) is 3. The fraction of sp³-hybridized carbons (Fsp3) is 0.643. The molecule has 2 heterocycles. The highest BCUT2D eigenvalue weighted by atomic mass is 16.5. The van der Waals surface area contributed by atoms with Crippen LogP contribution >= 0.6 is 0 Å². The molecule has 1 saturated heterocycles. The maximum absolute atomic E-state index is 11.8. The number of carbonyl (C=O) groups excluding carboxylic acids is 1. The SMILES string of the molecule is CCNc1cc(NCCNC(=O)C2CCOC2)nc(C)n1. The summed E-state index contributed by atoms with van der Waals surface area (Å²) >= 11 is 0. The minimum absolute atomic E-state index is 0.00616. The van der Waals surface area contributed by atoms with E-state index in [1.807, 2.05) is 19.9 Å². The molecule has 1 aliphatic rings. The topological polar surface area (TPSA) is 88.2 Å². The molecule has 1 unspecified atom stereocenters. The summed E-state index contributed by atoms with van der Waals surface area (Å²) in [5.74, 6) is 2.35. The average Bonchev–Trinajstić information content (AvgIpc) is 2.97. The number of nitrogens with zero attached hydrogens (tertiary/aromatic N) is 2. The number of hydrogen-bond acceptors (Lipinski definition) is 6. The summed E-state index contributed by atoms with van der Waals surface area (Å²) in [5.41, 5.74) is 0. The van der Waals surface area contributed by atoms with E-state index in [0.717, 1.165) is 24.6 Å². The first kappa shape index (κ1) is 15.5. The number of amides is 1. The molecular weight excluding hydrogens is 270 g/mol. The lowest BCUT2D eigenvalue weighted by Gasteiger charge is -2.11. The summed E-state index contributed by atoms with van der Waals surface area (Å²) in [6.45, 7) is 7.10. The van der Waals surface area contributed by atoms with Gasteiger partial charge >= 0.3 is 0 Å². The molecular formula is C14H23N5O2. The van der Waals surface area contributed by atoms with Gasteiger partial charge in [0.15, 0.2) is 0 Å². The van der Waals surface area contributed by atoms with Crippen molar-refractivity contribution in [3.63, 3.8) is 0 Å². The standard InChI is InChI=1S/C14H23N5O2/c1-3-15-12-8-13(19-10(2)18-12)16-5-6-17-14(20)11-4-7-21-9-11/h8,11H,3-7,9H2,1-2H3,(H,17,20)(H2,15,16,18,19). The minimum Gasteiger partial charge on any atom is -0.381 e. The summed E-state index contributed by atoms with van der Waals surface area (Å²) in [4.78, 5) is 20.4. The van der Waals surface area contributed by atoms with Crippen molar-refractivity contribution < 1.29 is 9.53 Å². The summed E-state index contributed by atoms with van der Waals surface area (Å²) < 4.78 is 5.20. The molecule has 1 aromatic rings. The maximum atomic E-state index is 11.8. The van der Waals surface area contributed by atoms with Gasteiger partial charge in [0, 0.05) is 32.3 Å². The molecule has 0 saturated carbocycles. The van der Waals surface area contributed by atoms with Gasteiger partial charge in [-0.2, -0.15) is 0 Å². The summed E-state index contributed by atoms with van der Waals surface area (Å²) in [6, 6.07) is 1.86. The predicted molar refractivity (Wildman–Crippen MR) is 81.4 cm³/mol. The Morgan fingerprint density at radius 3 is 2.76 bits per heavy atom. The Morgan fingerprint density at radius 1 is 1.33 bits per heavy atom. The predicted octanol–water partition coefficient (Wildman–Crippen LogP) is 0.781. The Kier molecular flexibility index (Phi) is 5.74. The van der Waals surface area contributed by atoms with Crippen LogP contribution in [0.15, 0.2) is 6.07 Å². The zero-order valence-electron chi connectivity index (χ0n) is 12.6. The van der Waals surface area contributed by atoms with Crippen LogP contribution in [0.3, 0.4) is 0 Å². The van der Waals surface area contributed by atoms with Crippen LogP contribution < -0.4 is 16.0 Å². The molecule has 3 N–H and O–H groups in total. The Bertz CT molecular complexity index is 474. The van der Waals surface area contributed by atoms with Crippen LogP contribution in [0.5, 0.6) is 0 Å². The van der Waals surface area contributed by atoms with Gasteiger partial charge in [0.05, 0.1) is 12.5 Å². The molecule has 7 nitrogen and oxygen atoms in total. The Morgan fingerprint density at radius 2 is 2.10 bits per heavy atom. The molecule has 0 aromatic carbocycles. The van der Waals surface area contributed by atoms with Gasteiger partial charge in [0.25, 0.3) is 0 Å². The van der Waals surface area contributed by atoms with Gasteiger partial charge in [-0.1, -0.05) is 0 Å². The van der Waals surface area contributed by atoms with Gasteiger partial charge in [-0.25, -0.2) is 9.97 Å². The van der Waals surface area contributed by atoms with Crippen molar-refractivity contribution >= 4 is 17.5 Å². The molecule has 21 heavy (non-hydrogen) atoms. The van der Waals surface area contributed by atoms with Crippen LogP contribution in [0, 0.1) is 12.8 Å². The molecule has 0 spiro atoms. The zero-order chi connectivity index (χ0) is 15.1. The third-order valence-corrected chi connectivity index (χ3v) is 3.23. The minimum atomic E-state index is 0.00616. The monoisotopic (exact) mass is 293 g/mol. The highest BCUT2D eigenvalue weighted by Gasteiger charge is 2.22. The van der Waals surface area contributed by atoms with E-state index in [9.17, 15) is 4.79 Å². The van der Waals surface area contributed by atoms with Gasteiger partial charge in [0.1, 0.15) is 17.5 Å². The molecule has 1 aliphatic heterocycles. The number of nitrogens with one attached hydrogen (secondary N) is 3. The van der Waals surface area contributed by atoms with Crippen molar-refractivity contribution in [2.75, 3.05) is 43.5 Å². The zero-order valence-corrected chi connectivity index (χ0v) is 12.6. The maximum Gasteiger partial charge on any atom is 0.225 e. The van der Waals surface area contributed by atoms with E-state index >= 15 is 0 Å². The summed E-state index contributed by atoms with van der Waals surface area (Å²) in [5, 5.41) is 9.26. The number of anilines is 2. The van der Waals surface area contributed by atoms with Crippen molar-refractivity contribution in [2.24, 2.45) is 5.92 Å². The van der Waals surface area contributed by atoms with Crippen LogP contribution in [-0.4, -0.2) is 48.7 Å². The van der Waals surface area contributed by atoms with E-state index in [-0.39, 0.29) is 11.8 Å². The number of rotatable bonds is 7. The molecule has 0 aliphatic carbocycles. The van der Waals surface area contributed by atoms with Crippen molar-refractivity contribution in [3.8, 4) is 0 Å². The van der Waals surface area contributed by atoms with E-state index in [1.165, 1.54) is 0 Å². The Labute approximate surface area is 124 Å². The first-order valence-electron chi connectivity index (χ1n) is 7.38. The quantitative estimate of drug-likeness (QED) is 0.644. The van der Waals surface area contributed by atoms with Gasteiger partial charge in [0.2, 0.25) is 5.91 Å². The smallest absolute Gasteiger partial charge is 0.225 e. The summed E-state index contributed by atoms with van der Waals surface area (Å²) in [6.07, 6.45) is 0.816. The number of aromatic nitrogens is 2. The molecule has 7 heteroatoms. The Hall–Kier alpha value is -1.89. The first-order chi connectivity index (χ1) is 10.2. The van der Waals surface area contributed by atoms with Crippen molar-refractivity contribution in [1.82, 2.24) is 15.3 Å². The van der Waals surface area contributed by atoms with Crippen LogP contribution in [0.4, 0.5) is 11.6 Å². The molecule has 116 valence electrons. The van der Waals surface area contributed by atoms with Crippen LogP contribution in [-0.2, 0) is 9.53 Å². The van der Waals surface area contributed by atoms with E-state index in [0.29, 0.717) is 32.1 Å². The van der Waals surface area contributed by atoms with Gasteiger partial charge in [-0.05, 0) is 20.3 Å². The third-order valence-electron chi connectivity index (χ3n) is 3.23. The molecule has 0 radical (unpaired) electrons. The second-order valence-corrected chi connectivity index (χ2v) is 4.99. The van der Waals surface area contributed by atoms with Gasteiger partial charge in [-0.15, -0.1) is 0 Å². The second kappa shape index (κ2) is 7.78. The van der Waals surface area contributed by atoms with E-state index in [2.05, 4.69) is 25.9 Å². The largest absolute Gasteiger partial charge is 0.381 e. The molecule has 0 bridgehead atoms. The average molecular weight is 293 g/mol. The van der Waals surface area contributed by atoms with Crippen LogP contribution in [0.2, 0.25) is 0 Å². The Balaban J connectivity index is 1.74. The van der Waals surface area contributed by atoms with Gasteiger partial charge in [-0.3, -0.25) is 4.79 Å². The lowest BCUT2D eigenvalue weighted by atomic mass is 10.1.